The first-order valence-corrected chi connectivity index (χ1v) is 7.83. The van der Waals surface area contributed by atoms with Crippen molar-refractivity contribution in [2.45, 2.75) is 31.7 Å². The van der Waals surface area contributed by atoms with Crippen LogP contribution in [0.5, 0.6) is 0 Å². The zero-order chi connectivity index (χ0) is 14.5. The Balaban J connectivity index is 2.18. The van der Waals surface area contributed by atoms with Gasteiger partial charge in [0.25, 0.3) is 5.91 Å². The van der Waals surface area contributed by atoms with Gasteiger partial charge in [0.2, 0.25) is 0 Å². The van der Waals surface area contributed by atoms with Crippen molar-refractivity contribution in [2.75, 3.05) is 13.7 Å². The number of halogens is 1. The van der Waals surface area contributed by atoms with Crippen LogP contribution in [0.15, 0.2) is 24.3 Å². The summed E-state index contributed by atoms with van der Waals surface area (Å²) in [6, 6.07) is 7.57. The lowest BCUT2D eigenvalue weighted by molar-refractivity contribution is -0.141. The molecule has 0 heterocycles. The minimum atomic E-state index is -0.365. The third kappa shape index (κ3) is 3.71. The Hall–Kier alpha value is -1.11. The van der Waals surface area contributed by atoms with Gasteiger partial charge in [0.1, 0.15) is 6.54 Å². The fourth-order valence-electron chi connectivity index (χ4n) is 2.54. The number of hydrogen-bond acceptors (Lipinski definition) is 3. The molecular formula is C15H18INO3. The number of benzene rings is 1. The number of hydrogen-bond donors (Lipinski definition) is 0. The van der Waals surface area contributed by atoms with E-state index in [1.807, 2.05) is 24.3 Å². The Kier molecular flexibility index (Phi) is 5.39. The van der Waals surface area contributed by atoms with E-state index in [0.717, 1.165) is 29.3 Å². The van der Waals surface area contributed by atoms with Gasteiger partial charge >= 0.3 is 5.97 Å². The number of rotatable bonds is 4. The average molecular weight is 387 g/mol. The largest absolute Gasteiger partial charge is 0.468 e. The van der Waals surface area contributed by atoms with Gasteiger partial charge in [0.15, 0.2) is 0 Å². The summed E-state index contributed by atoms with van der Waals surface area (Å²) >= 11 is 2.20. The predicted octanol–water partition coefficient (Wildman–Crippen LogP) is 2.85. The highest BCUT2D eigenvalue weighted by molar-refractivity contribution is 14.1. The smallest absolute Gasteiger partial charge is 0.325 e. The normalized spacial score (nSPS) is 15.1. The summed E-state index contributed by atoms with van der Waals surface area (Å²) in [5, 5.41) is 0. The van der Waals surface area contributed by atoms with Crippen molar-refractivity contribution in [1.82, 2.24) is 4.90 Å². The first-order chi connectivity index (χ1) is 9.61. The number of esters is 1. The molecule has 1 aromatic rings. The van der Waals surface area contributed by atoms with Crippen molar-refractivity contribution in [1.29, 1.82) is 0 Å². The van der Waals surface area contributed by atoms with Gasteiger partial charge in [-0.25, -0.2) is 0 Å². The van der Waals surface area contributed by atoms with E-state index in [-0.39, 0.29) is 24.5 Å². The standard InChI is InChI=1S/C15H18INO3/c1-20-14(18)10-17(13-4-2-3-5-13)15(19)11-6-8-12(16)9-7-11/h6-9,13H,2-5,10H2,1H3. The van der Waals surface area contributed by atoms with Crippen molar-refractivity contribution in [3.63, 3.8) is 0 Å². The number of carbonyl (C=O) groups excluding carboxylic acids is 2. The van der Waals surface area contributed by atoms with E-state index in [4.69, 9.17) is 4.74 Å². The third-order valence-electron chi connectivity index (χ3n) is 3.64. The van der Waals surface area contributed by atoms with Crippen LogP contribution in [0.1, 0.15) is 36.0 Å². The van der Waals surface area contributed by atoms with Crippen LogP contribution >= 0.6 is 22.6 Å². The van der Waals surface area contributed by atoms with Crippen LogP contribution in [0.4, 0.5) is 0 Å². The summed E-state index contributed by atoms with van der Waals surface area (Å²) in [5.41, 5.74) is 0.626. The second kappa shape index (κ2) is 7.06. The summed E-state index contributed by atoms with van der Waals surface area (Å²) in [4.78, 5) is 25.8. The van der Waals surface area contributed by atoms with Gasteiger partial charge in [-0.2, -0.15) is 0 Å². The number of nitrogens with zero attached hydrogens (tertiary/aromatic N) is 1. The number of ether oxygens (including phenoxy) is 1. The van der Waals surface area contributed by atoms with E-state index >= 15 is 0 Å². The molecule has 1 saturated carbocycles. The third-order valence-corrected chi connectivity index (χ3v) is 4.36. The molecule has 0 atom stereocenters. The van der Waals surface area contributed by atoms with Crippen molar-refractivity contribution < 1.29 is 14.3 Å². The van der Waals surface area contributed by atoms with E-state index in [0.29, 0.717) is 5.56 Å². The quantitative estimate of drug-likeness (QED) is 0.590. The van der Waals surface area contributed by atoms with Gasteiger partial charge in [-0.3, -0.25) is 9.59 Å². The molecule has 1 amide bonds. The van der Waals surface area contributed by atoms with E-state index < -0.39 is 0 Å². The summed E-state index contributed by atoms with van der Waals surface area (Å²) in [6.07, 6.45) is 4.16. The molecule has 0 spiro atoms. The Labute approximate surface area is 132 Å². The molecule has 108 valence electrons. The van der Waals surface area contributed by atoms with Crippen molar-refractivity contribution in [2.24, 2.45) is 0 Å². The molecule has 0 aromatic heterocycles. The van der Waals surface area contributed by atoms with Crippen LogP contribution in [-0.2, 0) is 9.53 Å². The van der Waals surface area contributed by atoms with Crippen LogP contribution in [0.3, 0.4) is 0 Å². The number of amides is 1. The molecule has 1 aliphatic carbocycles. The molecule has 1 fully saturated rings. The molecule has 4 nitrogen and oxygen atoms in total. The first-order valence-electron chi connectivity index (χ1n) is 6.75. The van der Waals surface area contributed by atoms with Gasteiger partial charge in [0.05, 0.1) is 7.11 Å². The van der Waals surface area contributed by atoms with E-state index in [1.165, 1.54) is 7.11 Å². The van der Waals surface area contributed by atoms with Crippen LogP contribution < -0.4 is 0 Å². The molecule has 0 saturated heterocycles. The molecule has 1 aliphatic rings. The van der Waals surface area contributed by atoms with E-state index in [9.17, 15) is 9.59 Å². The minimum Gasteiger partial charge on any atom is -0.468 e. The molecule has 20 heavy (non-hydrogen) atoms. The monoisotopic (exact) mass is 387 g/mol. The molecule has 0 N–H and O–H groups in total. The maximum atomic E-state index is 12.6. The van der Waals surface area contributed by atoms with Gasteiger partial charge < -0.3 is 9.64 Å². The Bertz CT molecular complexity index is 480. The fourth-order valence-corrected chi connectivity index (χ4v) is 2.90. The van der Waals surface area contributed by atoms with E-state index in [2.05, 4.69) is 22.6 Å². The summed E-state index contributed by atoms with van der Waals surface area (Å²) < 4.78 is 5.79. The summed E-state index contributed by atoms with van der Waals surface area (Å²) in [6.45, 7) is 0.0337. The van der Waals surface area contributed by atoms with Crippen molar-refractivity contribution in [3.05, 3.63) is 33.4 Å². The topological polar surface area (TPSA) is 46.6 Å². The average Bonchev–Trinajstić information content (AvgIpc) is 2.98. The second-order valence-electron chi connectivity index (χ2n) is 4.95. The Morgan fingerprint density at radius 2 is 1.85 bits per heavy atom. The van der Waals surface area contributed by atoms with Crippen LogP contribution in [0.2, 0.25) is 0 Å². The lowest BCUT2D eigenvalue weighted by Gasteiger charge is -2.28. The highest BCUT2D eigenvalue weighted by Crippen LogP contribution is 2.25. The molecule has 0 bridgehead atoms. The maximum Gasteiger partial charge on any atom is 0.325 e. The lowest BCUT2D eigenvalue weighted by Crippen LogP contribution is -2.42. The minimum absolute atomic E-state index is 0.0337. The number of methoxy groups -OCH3 is 1. The molecule has 2 rings (SSSR count). The number of carbonyl (C=O) groups is 2. The van der Waals surface area contributed by atoms with Crippen LogP contribution in [0, 0.1) is 3.57 Å². The second-order valence-corrected chi connectivity index (χ2v) is 6.20. The van der Waals surface area contributed by atoms with Gasteiger partial charge in [0, 0.05) is 15.2 Å². The molecule has 0 unspecified atom stereocenters. The van der Waals surface area contributed by atoms with Crippen LogP contribution in [0.25, 0.3) is 0 Å². The zero-order valence-electron chi connectivity index (χ0n) is 11.5. The van der Waals surface area contributed by atoms with Gasteiger partial charge in [-0.15, -0.1) is 0 Å². The summed E-state index contributed by atoms with van der Waals surface area (Å²) in [5.74, 6) is -0.450. The van der Waals surface area contributed by atoms with Crippen molar-refractivity contribution >= 4 is 34.5 Å². The van der Waals surface area contributed by atoms with Gasteiger partial charge in [-0.1, -0.05) is 12.8 Å². The molecule has 0 aliphatic heterocycles. The predicted molar refractivity (Wildman–Crippen MR) is 84.5 cm³/mol. The highest BCUT2D eigenvalue weighted by Gasteiger charge is 2.29. The Morgan fingerprint density at radius 3 is 2.40 bits per heavy atom. The maximum absolute atomic E-state index is 12.6. The molecular weight excluding hydrogens is 369 g/mol. The van der Waals surface area contributed by atoms with Crippen molar-refractivity contribution in [3.8, 4) is 0 Å². The highest BCUT2D eigenvalue weighted by atomic mass is 127. The Morgan fingerprint density at radius 1 is 1.25 bits per heavy atom. The first kappa shape index (κ1) is 15.3. The molecule has 1 aromatic carbocycles. The summed E-state index contributed by atoms with van der Waals surface area (Å²) in [7, 11) is 1.35. The fraction of sp³-hybridized carbons (Fsp3) is 0.467. The molecule has 5 heteroatoms. The SMILES string of the molecule is COC(=O)CN(C(=O)c1ccc(I)cc1)C1CCCC1. The van der Waals surface area contributed by atoms with Crippen LogP contribution in [-0.4, -0.2) is 36.5 Å². The molecule has 0 radical (unpaired) electrons. The zero-order valence-corrected chi connectivity index (χ0v) is 13.6. The lowest BCUT2D eigenvalue weighted by atomic mass is 10.1. The van der Waals surface area contributed by atoms with Gasteiger partial charge in [-0.05, 0) is 59.7 Å². The van der Waals surface area contributed by atoms with E-state index in [1.54, 1.807) is 4.90 Å².